The first-order chi connectivity index (χ1) is 15.6. The number of anilines is 1. The van der Waals surface area contributed by atoms with Crippen LogP contribution in [0.25, 0.3) is 6.08 Å². The van der Waals surface area contributed by atoms with Gasteiger partial charge >= 0.3 is 0 Å². The van der Waals surface area contributed by atoms with Gasteiger partial charge in [-0.25, -0.2) is 4.98 Å². The molecule has 0 bridgehead atoms. The number of rotatable bonds is 9. The Morgan fingerprint density at radius 2 is 1.76 bits per heavy atom. The first-order valence-electron chi connectivity index (χ1n) is 10.4. The molecule has 8 nitrogen and oxygen atoms in total. The van der Waals surface area contributed by atoms with Crippen molar-refractivity contribution in [3.8, 4) is 17.2 Å². The molecular formula is C24H32N4O4S. The van der Waals surface area contributed by atoms with Crippen LogP contribution in [0.3, 0.4) is 0 Å². The highest BCUT2D eigenvalue weighted by atomic mass is 32.1. The van der Waals surface area contributed by atoms with Crippen LogP contribution >= 0.6 is 12.2 Å². The molecule has 2 aromatic rings. The summed E-state index contributed by atoms with van der Waals surface area (Å²) in [7, 11) is 4.63. The van der Waals surface area contributed by atoms with E-state index in [1.807, 2.05) is 18.2 Å². The van der Waals surface area contributed by atoms with Crippen molar-refractivity contribution in [3.63, 3.8) is 0 Å². The van der Waals surface area contributed by atoms with Crippen molar-refractivity contribution >= 4 is 35.1 Å². The predicted molar refractivity (Wildman–Crippen MR) is 135 cm³/mol. The fraction of sp³-hybridized carbons (Fsp3) is 0.375. The molecule has 0 aliphatic heterocycles. The smallest absolute Gasteiger partial charge is 0.245 e. The van der Waals surface area contributed by atoms with E-state index < -0.39 is 0 Å². The first kappa shape index (κ1) is 25.9. The van der Waals surface area contributed by atoms with Gasteiger partial charge in [-0.2, -0.15) is 0 Å². The number of carbonyl (C=O) groups is 1. The molecule has 0 aliphatic rings. The largest absolute Gasteiger partial charge is 0.493 e. The van der Waals surface area contributed by atoms with E-state index >= 15 is 0 Å². The molecule has 1 heterocycles. The standard InChI is InChI=1S/C24H32N4O4S/c1-24(2,3)15-20(28-23(33)27-19-9-7-8-12-25-19)26-21(29)11-10-16-13-17(30-4)22(32-6)18(14-16)31-5/h7-14,20H,15H2,1-6H3,(H,26,29)(H2,25,27,28,33)/b11-10+. The second-order valence-corrected chi connectivity index (χ2v) is 8.84. The fourth-order valence-corrected chi connectivity index (χ4v) is 3.33. The minimum Gasteiger partial charge on any atom is -0.493 e. The van der Waals surface area contributed by atoms with Crippen molar-refractivity contribution in [2.75, 3.05) is 26.6 Å². The number of pyridine rings is 1. The van der Waals surface area contributed by atoms with Crippen molar-refractivity contribution in [2.24, 2.45) is 5.41 Å². The third kappa shape index (κ3) is 8.61. The number of benzene rings is 1. The van der Waals surface area contributed by atoms with Crippen molar-refractivity contribution in [1.29, 1.82) is 0 Å². The molecule has 0 aliphatic carbocycles. The molecule has 0 saturated carbocycles. The summed E-state index contributed by atoms with van der Waals surface area (Å²) in [4.78, 5) is 16.9. The van der Waals surface area contributed by atoms with Crippen LogP contribution in [-0.4, -0.2) is 43.5 Å². The maximum Gasteiger partial charge on any atom is 0.245 e. The molecule has 0 fully saturated rings. The van der Waals surface area contributed by atoms with Crippen molar-refractivity contribution in [2.45, 2.75) is 33.4 Å². The molecule has 178 valence electrons. The minimum atomic E-state index is -0.384. The normalized spacial score (nSPS) is 12.1. The molecule has 1 atom stereocenters. The van der Waals surface area contributed by atoms with Crippen LogP contribution in [0.5, 0.6) is 17.2 Å². The second kappa shape index (κ2) is 12.1. The van der Waals surface area contributed by atoms with Gasteiger partial charge in [0.2, 0.25) is 11.7 Å². The fourth-order valence-electron chi connectivity index (χ4n) is 3.09. The Hall–Kier alpha value is -3.33. The molecular weight excluding hydrogens is 440 g/mol. The molecule has 3 N–H and O–H groups in total. The minimum absolute atomic E-state index is 0.0496. The molecule has 0 spiro atoms. The molecule has 1 aromatic carbocycles. The first-order valence-corrected chi connectivity index (χ1v) is 10.8. The molecule has 1 unspecified atom stereocenters. The Bertz CT molecular complexity index is 949. The van der Waals surface area contributed by atoms with Gasteiger partial charge in [0.15, 0.2) is 16.6 Å². The van der Waals surface area contributed by atoms with Crippen LogP contribution in [0.15, 0.2) is 42.6 Å². The van der Waals surface area contributed by atoms with Crippen LogP contribution in [0.4, 0.5) is 5.82 Å². The zero-order valence-corrected chi connectivity index (χ0v) is 20.7. The quantitative estimate of drug-likeness (QED) is 0.287. The van der Waals surface area contributed by atoms with E-state index in [2.05, 4.69) is 41.7 Å². The summed E-state index contributed by atoms with van der Waals surface area (Å²) in [5, 5.41) is 9.53. The van der Waals surface area contributed by atoms with Crippen LogP contribution < -0.4 is 30.2 Å². The van der Waals surface area contributed by atoms with Gasteiger partial charge < -0.3 is 30.2 Å². The zero-order chi connectivity index (χ0) is 24.4. The maximum absolute atomic E-state index is 12.7. The van der Waals surface area contributed by atoms with E-state index in [1.165, 1.54) is 6.08 Å². The van der Waals surface area contributed by atoms with Crippen LogP contribution in [-0.2, 0) is 4.79 Å². The summed E-state index contributed by atoms with van der Waals surface area (Å²) >= 11 is 5.40. The number of methoxy groups -OCH3 is 3. The van der Waals surface area contributed by atoms with Gasteiger partial charge in [-0.15, -0.1) is 0 Å². The Morgan fingerprint density at radius 1 is 1.09 bits per heavy atom. The van der Waals surface area contributed by atoms with Gasteiger partial charge in [0.25, 0.3) is 0 Å². The lowest BCUT2D eigenvalue weighted by Gasteiger charge is -2.28. The number of aromatic nitrogens is 1. The van der Waals surface area contributed by atoms with Gasteiger partial charge in [-0.3, -0.25) is 4.79 Å². The third-order valence-corrected chi connectivity index (χ3v) is 4.68. The summed E-state index contributed by atoms with van der Waals surface area (Å²) in [6.07, 6.45) is 5.07. The lowest BCUT2D eigenvalue weighted by molar-refractivity contribution is -0.117. The van der Waals surface area contributed by atoms with Crippen LogP contribution in [0.1, 0.15) is 32.8 Å². The molecule has 9 heteroatoms. The number of amides is 1. The number of hydrogen-bond acceptors (Lipinski definition) is 6. The van der Waals surface area contributed by atoms with E-state index in [4.69, 9.17) is 26.4 Å². The summed E-state index contributed by atoms with van der Waals surface area (Å²) in [5.74, 6) is 1.86. The van der Waals surface area contributed by atoms with Gasteiger partial charge in [0, 0.05) is 12.3 Å². The highest BCUT2D eigenvalue weighted by molar-refractivity contribution is 7.80. The SMILES string of the molecule is COc1cc(/C=C/C(=O)NC(CC(C)(C)C)NC(=S)Nc2ccccn2)cc(OC)c1OC. The van der Waals surface area contributed by atoms with Gasteiger partial charge in [0.05, 0.1) is 21.3 Å². The number of hydrogen-bond donors (Lipinski definition) is 3. The van der Waals surface area contributed by atoms with Gasteiger partial charge in [-0.05, 0) is 60.0 Å². The van der Waals surface area contributed by atoms with Gasteiger partial charge in [0.1, 0.15) is 12.0 Å². The lowest BCUT2D eigenvalue weighted by Crippen LogP contribution is -2.50. The lowest BCUT2D eigenvalue weighted by atomic mass is 9.90. The highest BCUT2D eigenvalue weighted by Gasteiger charge is 2.21. The van der Waals surface area contributed by atoms with Crippen molar-refractivity contribution in [3.05, 3.63) is 48.2 Å². The maximum atomic E-state index is 12.7. The average molecular weight is 473 g/mol. The highest BCUT2D eigenvalue weighted by Crippen LogP contribution is 2.38. The van der Waals surface area contributed by atoms with Crippen LogP contribution in [0, 0.1) is 5.41 Å². The van der Waals surface area contributed by atoms with E-state index in [9.17, 15) is 4.79 Å². The van der Waals surface area contributed by atoms with Crippen molar-refractivity contribution < 1.29 is 19.0 Å². The molecule has 0 saturated heterocycles. The van der Waals surface area contributed by atoms with Crippen LogP contribution in [0.2, 0.25) is 0 Å². The number of thiocarbonyl (C=S) groups is 1. The zero-order valence-electron chi connectivity index (χ0n) is 19.9. The monoisotopic (exact) mass is 472 g/mol. The predicted octanol–water partition coefficient (Wildman–Crippen LogP) is 3.99. The van der Waals surface area contributed by atoms with E-state index in [-0.39, 0.29) is 17.5 Å². The van der Waals surface area contributed by atoms with Gasteiger partial charge in [-0.1, -0.05) is 26.8 Å². The molecule has 0 radical (unpaired) electrons. The van der Waals surface area contributed by atoms with E-state index in [0.717, 1.165) is 5.56 Å². The Morgan fingerprint density at radius 3 is 2.27 bits per heavy atom. The summed E-state index contributed by atoms with van der Waals surface area (Å²) in [6.45, 7) is 6.28. The Balaban J connectivity index is 2.10. The third-order valence-electron chi connectivity index (χ3n) is 4.46. The van der Waals surface area contributed by atoms with E-state index in [1.54, 1.807) is 45.7 Å². The number of carbonyl (C=O) groups excluding carboxylic acids is 1. The van der Waals surface area contributed by atoms with Crippen molar-refractivity contribution in [1.82, 2.24) is 15.6 Å². The molecule has 33 heavy (non-hydrogen) atoms. The summed E-state index contributed by atoms with van der Waals surface area (Å²) in [6, 6.07) is 9.03. The number of nitrogens with one attached hydrogen (secondary N) is 3. The summed E-state index contributed by atoms with van der Waals surface area (Å²) in [5.41, 5.74) is 0.679. The van der Waals surface area contributed by atoms with E-state index in [0.29, 0.717) is 34.6 Å². The Kier molecular flexibility index (Phi) is 9.47. The average Bonchev–Trinajstić information content (AvgIpc) is 2.76. The molecule has 1 amide bonds. The second-order valence-electron chi connectivity index (χ2n) is 8.43. The summed E-state index contributed by atoms with van der Waals surface area (Å²) < 4.78 is 16.1. The topological polar surface area (TPSA) is 93.7 Å². The molecule has 1 aromatic heterocycles. The number of nitrogens with zero attached hydrogens (tertiary/aromatic N) is 1. The number of ether oxygens (including phenoxy) is 3. The molecule has 2 rings (SSSR count). The Labute approximate surface area is 200 Å².